The molecule has 2 saturated heterocycles. The smallest absolute Gasteiger partial charge is 0.248 e. The van der Waals surface area contributed by atoms with Crippen molar-refractivity contribution in [3.05, 3.63) is 76.1 Å². The molecule has 4 N–H and O–H groups in total. The Balaban J connectivity index is 1.28. The zero-order chi connectivity index (χ0) is 34.4. The molecule has 4 aromatic rings. The zero-order valence-electron chi connectivity index (χ0n) is 27.9. The second-order valence-corrected chi connectivity index (χ2v) is 17.0. The summed E-state index contributed by atoms with van der Waals surface area (Å²) in [5.41, 5.74) is 2.76. The molecule has 2 aliphatic rings. The van der Waals surface area contributed by atoms with E-state index in [1.54, 1.807) is 37.9 Å². The number of anilines is 6. The van der Waals surface area contributed by atoms with Gasteiger partial charge in [-0.3, -0.25) is 9.69 Å². The number of hydrogen-bond donors (Lipinski definition) is 4. The third kappa shape index (κ3) is 8.81. The maximum atomic E-state index is 13.2. The molecule has 2 aromatic carbocycles. The molecule has 2 fully saturated rings. The van der Waals surface area contributed by atoms with E-state index in [-0.39, 0.29) is 11.9 Å². The number of amides is 1. The van der Waals surface area contributed by atoms with Crippen LogP contribution in [0, 0.1) is 0 Å². The second-order valence-electron chi connectivity index (χ2n) is 12.4. The Morgan fingerprint density at radius 2 is 1.82 bits per heavy atom. The lowest BCUT2D eigenvalue weighted by molar-refractivity contribution is -0.111. The molecule has 0 unspecified atom stereocenters. The number of piperazine rings is 1. The van der Waals surface area contributed by atoms with Crippen molar-refractivity contribution in [3.8, 4) is 5.75 Å². The van der Waals surface area contributed by atoms with Crippen molar-refractivity contribution in [2.45, 2.75) is 18.9 Å². The molecule has 49 heavy (non-hydrogen) atoms. The van der Waals surface area contributed by atoms with Crippen molar-refractivity contribution in [2.24, 2.45) is 0 Å². The molecule has 11 nitrogen and oxygen atoms in total. The molecule has 1 amide bonds. The van der Waals surface area contributed by atoms with Crippen molar-refractivity contribution in [1.29, 1.82) is 0 Å². The summed E-state index contributed by atoms with van der Waals surface area (Å²) in [4.78, 5) is 28.2. The highest BCUT2D eigenvalue weighted by atomic mass is 35.5. The van der Waals surface area contributed by atoms with E-state index < -0.39 is 7.14 Å². The van der Waals surface area contributed by atoms with Crippen LogP contribution in [-0.2, 0) is 9.36 Å². The minimum Gasteiger partial charge on any atom is -0.494 e. The van der Waals surface area contributed by atoms with Crippen LogP contribution >= 0.6 is 30.1 Å². The predicted molar refractivity (Wildman–Crippen MR) is 204 cm³/mol. The Labute approximate surface area is 296 Å². The fourth-order valence-electron chi connectivity index (χ4n) is 6.25. The number of methoxy groups -OCH3 is 1. The van der Waals surface area contributed by atoms with Gasteiger partial charge >= 0.3 is 0 Å². The number of ether oxygens (including phenoxy) is 1. The molecule has 6 rings (SSSR count). The molecular weight excluding hydrogens is 679 g/mol. The number of aromatic nitrogens is 2. The number of halogens is 1. The summed E-state index contributed by atoms with van der Waals surface area (Å²) in [5, 5.41) is 16.1. The quantitative estimate of drug-likeness (QED) is 0.101. The topological polar surface area (TPSA) is 124 Å². The Morgan fingerprint density at radius 1 is 1.04 bits per heavy atom. The molecule has 2 aromatic heterocycles. The monoisotopic (exact) mass is 720 g/mol. The molecule has 2 aliphatic heterocycles. The van der Waals surface area contributed by atoms with E-state index in [1.807, 2.05) is 60.0 Å². The summed E-state index contributed by atoms with van der Waals surface area (Å²) in [6.45, 7) is 9.37. The van der Waals surface area contributed by atoms with Gasteiger partial charge in [0.25, 0.3) is 0 Å². The molecule has 4 heterocycles. The highest BCUT2D eigenvalue weighted by Crippen LogP contribution is 2.41. The highest BCUT2D eigenvalue weighted by molar-refractivity contribution is 7.70. The highest BCUT2D eigenvalue weighted by Gasteiger charge is 2.28. The van der Waals surface area contributed by atoms with Crippen molar-refractivity contribution in [3.63, 3.8) is 0 Å². The van der Waals surface area contributed by atoms with Crippen molar-refractivity contribution in [1.82, 2.24) is 20.2 Å². The number of para-hydroxylation sites is 1. The van der Waals surface area contributed by atoms with Gasteiger partial charge in [-0.05, 0) is 61.9 Å². The van der Waals surface area contributed by atoms with Crippen LogP contribution in [0.4, 0.5) is 34.5 Å². The number of piperidine rings is 1. The van der Waals surface area contributed by atoms with Gasteiger partial charge in [-0.15, -0.1) is 11.3 Å². The lowest BCUT2D eigenvalue weighted by Crippen LogP contribution is -2.52. The third-order valence-corrected chi connectivity index (χ3v) is 11.4. The molecule has 0 bridgehead atoms. The molecule has 0 aliphatic carbocycles. The van der Waals surface area contributed by atoms with Gasteiger partial charge in [0.05, 0.1) is 36.1 Å². The van der Waals surface area contributed by atoms with Crippen LogP contribution in [0.1, 0.15) is 17.7 Å². The number of nitrogens with one attached hydrogen (secondary N) is 4. The molecule has 0 atom stereocenters. The second kappa shape index (κ2) is 15.7. The van der Waals surface area contributed by atoms with Crippen molar-refractivity contribution < 1.29 is 14.1 Å². The fourth-order valence-corrected chi connectivity index (χ4v) is 8.16. The average Bonchev–Trinajstić information content (AvgIpc) is 3.63. The van der Waals surface area contributed by atoms with Gasteiger partial charge in [0, 0.05) is 67.6 Å². The first-order chi connectivity index (χ1) is 23.7. The molecule has 0 saturated carbocycles. The van der Waals surface area contributed by atoms with E-state index in [9.17, 15) is 9.36 Å². The molecular formula is C35H42ClN8O3PS. The number of rotatable bonds is 11. The Kier molecular flexibility index (Phi) is 11.2. The van der Waals surface area contributed by atoms with E-state index in [4.69, 9.17) is 16.3 Å². The standard InChI is InChI=1S/C35H42ClN8O3PS/c1-47-31-22-30(44-16-12-24(13-17-44)43-18-14-37-15-19-43)28(39-33(45)11-10-25-7-6-20-49-25)21-29(31)41-35-38-23-26(36)34(42-35)40-27-8-4-5-9-32(27)48(2,3)46/h4-11,20-24,37H,12-19H2,1-3H3,(H,39,45)(H2,38,40,41,42)/b11-10+. The number of benzene rings is 2. The summed E-state index contributed by atoms with van der Waals surface area (Å²) in [6, 6.07) is 15.7. The Morgan fingerprint density at radius 3 is 2.53 bits per heavy atom. The van der Waals surface area contributed by atoms with Crippen LogP contribution in [0.5, 0.6) is 5.75 Å². The average molecular weight is 721 g/mol. The van der Waals surface area contributed by atoms with Gasteiger partial charge in [0.15, 0.2) is 5.82 Å². The minimum absolute atomic E-state index is 0.237. The van der Waals surface area contributed by atoms with Crippen LogP contribution in [0.2, 0.25) is 5.02 Å². The van der Waals surface area contributed by atoms with Gasteiger partial charge in [-0.2, -0.15) is 4.98 Å². The summed E-state index contributed by atoms with van der Waals surface area (Å²) in [6.07, 6.45) is 6.94. The maximum Gasteiger partial charge on any atom is 0.248 e. The van der Waals surface area contributed by atoms with Gasteiger partial charge in [-0.25, -0.2) is 4.98 Å². The number of hydrogen-bond acceptors (Lipinski definition) is 11. The first-order valence-electron chi connectivity index (χ1n) is 16.3. The van der Waals surface area contributed by atoms with Crippen LogP contribution in [-0.4, -0.2) is 86.5 Å². The minimum atomic E-state index is -2.58. The number of carbonyl (C=O) groups excluding carboxylic acids is 1. The SMILES string of the molecule is COc1cc(N2CCC(N3CCNCC3)CC2)c(NC(=O)/C=C/c2cccs2)cc1Nc1ncc(Cl)c(Nc2ccccc2P(C)(C)=O)n1. The van der Waals surface area contributed by atoms with Crippen molar-refractivity contribution in [2.75, 3.05) is 80.6 Å². The Bertz CT molecular complexity index is 1840. The summed E-state index contributed by atoms with van der Waals surface area (Å²) in [5.74, 6) is 0.953. The zero-order valence-corrected chi connectivity index (χ0v) is 30.4. The fraction of sp³-hybridized carbons (Fsp3) is 0.343. The van der Waals surface area contributed by atoms with Gasteiger partial charge in [-0.1, -0.05) is 29.8 Å². The van der Waals surface area contributed by atoms with Gasteiger partial charge < -0.3 is 35.5 Å². The molecule has 0 radical (unpaired) electrons. The van der Waals surface area contributed by atoms with E-state index in [1.165, 1.54) is 6.20 Å². The first-order valence-corrected chi connectivity index (χ1v) is 20.2. The normalized spacial score (nSPS) is 16.1. The first kappa shape index (κ1) is 34.9. The lowest BCUT2D eigenvalue weighted by Gasteiger charge is -2.41. The summed E-state index contributed by atoms with van der Waals surface area (Å²) >= 11 is 8.09. The van der Waals surface area contributed by atoms with E-state index >= 15 is 0 Å². The number of nitrogens with zero attached hydrogens (tertiary/aromatic N) is 4. The van der Waals surface area contributed by atoms with Crippen LogP contribution in [0.3, 0.4) is 0 Å². The van der Waals surface area contributed by atoms with Crippen LogP contribution < -0.4 is 36.2 Å². The lowest BCUT2D eigenvalue weighted by atomic mass is 10.0. The van der Waals surface area contributed by atoms with Crippen LogP contribution in [0.15, 0.2) is 66.2 Å². The third-order valence-electron chi connectivity index (χ3n) is 8.72. The van der Waals surface area contributed by atoms with Crippen LogP contribution in [0.25, 0.3) is 6.08 Å². The van der Waals surface area contributed by atoms with Gasteiger partial charge in [0.2, 0.25) is 11.9 Å². The van der Waals surface area contributed by atoms with E-state index in [2.05, 4.69) is 41.0 Å². The van der Waals surface area contributed by atoms with Gasteiger partial charge in [0.1, 0.15) is 17.9 Å². The molecule has 14 heteroatoms. The predicted octanol–water partition coefficient (Wildman–Crippen LogP) is 6.46. The number of carbonyl (C=O) groups is 1. The molecule has 0 spiro atoms. The molecule has 258 valence electrons. The van der Waals surface area contributed by atoms with E-state index in [0.29, 0.717) is 45.0 Å². The summed E-state index contributed by atoms with van der Waals surface area (Å²) in [7, 11) is -0.964. The maximum absolute atomic E-state index is 13.2. The number of thiophene rings is 1. The van der Waals surface area contributed by atoms with E-state index in [0.717, 1.165) is 62.7 Å². The summed E-state index contributed by atoms with van der Waals surface area (Å²) < 4.78 is 18.8. The Hall–Kier alpha value is -3.93. The van der Waals surface area contributed by atoms with Crippen molar-refractivity contribution >= 4 is 81.9 Å². The largest absolute Gasteiger partial charge is 0.494 e.